The molecule has 0 bridgehead atoms. The molecule has 0 radical (unpaired) electrons. The first kappa shape index (κ1) is 11.8. The van der Waals surface area contributed by atoms with E-state index in [1.54, 1.807) is 0 Å². The quantitative estimate of drug-likeness (QED) is 0.429. The normalized spacial score (nSPS) is 7.25. The fourth-order valence-corrected chi connectivity index (χ4v) is 0.301. The standard InChI is InChI=1S/C5H11NO.K.H/c1-3-4-6-5(2)7;;/h3-4H2,1-2H3,(H,6,7);;/q;+1;-1. The van der Waals surface area contributed by atoms with E-state index in [0.717, 1.165) is 13.0 Å². The van der Waals surface area contributed by atoms with Crippen LogP contribution < -0.4 is 56.7 Å². The fourth-order valence-electron chi connectivity index (χ4n) is 0.301. The molecule has 0 atom stereocenters. The second-order valence-electron chi connectivity index (χ2n) is 1.48. The third-order valence-electron chi connectivity index (χ3n) is 0.624. The smallest absolute Gasteiger partial charge is 1.00 e. The van der Waals surface area contributed by atoms with Gasteiger partial charge in [0.05, 0.1) is 0 Å². The van der Waals surface area contributed by atoms with Gasteiger partial charge in [-0.05, 0) is 6.42 Å². The van der Waals surface area contributed by atoms with Gasteiger partial charge in [0, 0.05) is 13.5 Å². The van der Waals surface area contributed by atoms with Gasteiger partial charge in [-0.15, -0.1) is 0 Å². The molecule has 0 fully saturated rings. The van der Waals surface area contributed by atoms with Gasteiger partial charge in [-0.3, -0.25) is 4.79 Å². The van der Waals surface area contributed by atoms with Crippen LogP contribution in [-0.4, -0.2) is 12.5 Å². The largest absolute Gasteiger partial charge is 1.00 e. The molecule has 0 aromatic carbocycles. The molecular formula is C5H12KNO. The van der Waals surface area contributed by atoms with Crippen molar-refractivity contribution in [3.8, 4) is 0 Å². The number of carbonyl (C=O) groups is 1. The zero-order valence-electron chi connectivity index (χ0n) is 6.82. The molecule has 0 rings (SSSR count). The van der Waals surface area contributed by atoms with E-state index in [4.69, 9.17) is 0 Å². The summed E-state index contributed by atoms with van der Waals surface area (Å²) in [5.74, 6) is 0.0573. The van der Waals surface area contributed by atoms with Crippen LogP contribution in [0, 0.1) is 0 Å². The predicted molar refractivity (Wildman–Crippen MR) is 30.1 cm³/mol. The number of rotatable bonds is 2. The van der Waals surface area contributed by atoms with Crippen molar-refractivity contribution in [1.29, 1.82) is 0 Å². The molecule has 0 aromatic heterocycles. The fraction of sp³-hybridized carbons (Fsp3) is 0.800. The van der Waals surface area contributed by atoms with E-state index in [1.165, 1.54) is 6.92 Å². The van der Waals surface area contributed by atoms with E-state index in [1.807, 2.05) is 6.92 Å². The zero-order valence-corrected chi connectivity index (χ0v) is 8.95. The van der Waals surface area contributed by atoms with E-state index in [9.17, 15) is 4.79 Å². The molecule has 0 aliphatic rings. The van der Waals surface area contributed by atoms with Gasteiger partial charge < -0.3 is 6.74 Å². The minimum Gasteiger partial charge on any atom is -1.00 e. The number of carbonyl (C=O) groups excluding carboxylic acids is 1. The first-order chi connectivity index (χ1) is 3.27. The molecule has 0 aliphatic heterocycles. The van der Waals surface area contributed by atoms with Gasteiger partial charge in [-0.1, -0.05) is 6.92 Å². The van der Waals surface area contributed by atoms with Gasteiger partial charge in [0.25, 0.3) is 0 Å². The number of hydrogen-bond donors (Lipinski definition) is 1. The van der Waals surface area contributed by atoms with Crippen molar-refractivity contribution in [3.05, 3.63) is 0 Å². The molecule has 0 spiro atoms. The van der Waals surface area contributed by atoms with Crippen molar-refractivity contribution in [2.75, 3.05) is 6.54 Å². The van der Waals surface area contributed by atoms with Crippen LogP contribution in [0.2, 0.25) is 0 Å². The summed E-state index contributed by atoms with van der Waals surface area (Å²) >= 11 is 0. The van der Waals surface area contributed by atoms with E-state index in [2.05, 4.69) is 5.32 Å². The van der Waals surface area contributed by atoms with Crippen LogP contribution in [-0.2, 0) is 4.79 Å². The first-order valence-electron chi connectivity index (χ1n) is 2.51. The van der Waals surface area contributed by atoms with Crippen molar-refractivity contribution < 1.29 is 57.6 Å². The van der Waals surface area contributed by atoms with Gasteiger partial charge in [-0.25, -0.2) is 0 Å². The van der Waals surface area contributed by atoms with E-state index < -0.39 is 0 Å². The molecule has 0 aliphatic carbocycles. The maximum Gasteiger partial charge on any atom is 1.00 e. The number of hydrogen-bond acceptors (Lipinski definition) is 1. The van der Waals surface area contributed by atoms with Gasteiger partial charge in [-0.2, -0.15) is 0 Å². The third kappa shape index (κ3) is 10.2. The average molecular weight is 141 g/mol. The second-order valence-corrected chi connectivity index (χ2v) is 1.48. The van der Waals surface area contributed by atoms with Crippen molar-refractivity contribution in [2.45, 2.75) is 20.3 Å². The third-order valence-corrected chi connectivity index (χ3v) is 0.624. The van der Waals surface area contributed by atoms with Crippen molar-refractivity contribution in [2.24, 2.45) is 0 Å². The van der Waals surface area contributed by atoms with E-state index >= 15 is 0 Å². The summed E-state index contributed by atoms with van der Waals surface area (Å²) in [4.78, 5) is 10.1. The maximum absolute atomic E-state index is 10.1. The Bertz CT molecular complexity index is 70.0. The molecule has 0 aromatic rings. The Hall–Kier alpha value is 1.11. The molecule has 44 valence electrons. The van der Waals surface area contributed by atoms with Crippen LogP contribution in [0.5, 0.6) is 0 Å². The summed E-state index contributed by atoms with van der Waals surface area (Å²) in [5, 5.41) is 2.66. The van der Waals surface area contributed by atoms with Crippen molar-refractivity contribution in [3.63, 3.8) is 0 Å². The molecule has 3 heteroatoms. The summed E-state index contributed by atoms with van der Waals surface area (Å²) in [6, 6.07) is 0. The Morgan fingerprint density at radius 3 is 2.38 bits per heavy atom. The summed E-state index contributed by atoms with van der Waals surface area (Å²) < 4.78 is 0. The average Bonchev–Trinajstić information content (AvgIpc) is 1.61. The summed E-state index contributed by atoms with van der Waals surface area (Å²) in [6.07, 6.45) is 1.01. The predicted octanol–water partition coefficient (Wildman–Crippen LogP) is -2.35. The molecule has 1 N–H and O–H groups in total. The Morgan fingerprint density at radius 1 is 1.75 bits per heavy atom. The van der Waals surface area contributed by atoms with Gasteiger partial charge in [0.1, 0.15) is 0 Å². The van der Waals surface area contributed by atoms with Crippen LogP contribution in [0.15, 0.2) is 0 Å². The van der Waals surface area contributed by atoms with Crippen LogP contribution in [0.4, 0.5) is 0 Å². The summed E-state index contributed by atoms with van der Waals surface area (Å²) in [7, 11) is 0. The SMILES string of the molecule is CCCNC(C)=O.[H-].[K+]. The van der Waals surface area contributed by atoms with Crippen LogP contribution in [0.3, 0.4) is 0 Å². The Balaban J connectivity index is -0.000000180. The molecule has 1 amide bonds. The van der Waals surface area contributed by atoms with Gasteiger partial charge >= 0.3 is 51.4 Å². The second kappa shape index (κ2) is 8.11. The summed E-state index contributed by atoms with van der Waals surface area (Å²) in [5.41, 5.74) is 0. The molecule has 0 saturated heterocycles. The minimum absolute atomic E-state index is 0. The topological polar surface area (TPSA) is 29.1 Å². The van der Waals surface area contributed by atoms with Gasteiger partial charge in [0.2, 0.25) is 5.91 Å². The van der Waals surface area contributed by atoms with E-state index in [0.29, 0.717) is 0 Å². The molecule has 0 heterocycles. The Morgan fingerprint density at radius 2 is 2.25 bits per heavy atom. The Labute approximate surface area is 94.3 Å². The van der Waals surface area contributed by atoms with Crippen LogP contribution in [0.25, 0.3) is 0 Å². The number of amides is 1. The minimum atomic E-state index is 0. The molecular weight excluding hydrogens is 129 g/mol. The zero-order chi connectivity index (χ0) is 5.70. The van der Waals surface area contributed by atoms with Crippen molar-refractivity contribution >= 4 is 5.91 Å². The summed E-state index contributed by atoms with van der Waals surface area (Å²) in [6.45, 7) is 4.35. The van der Waals surface area contributed by atoms with Gasteiger partial charge in [0.15, 0.2) is 0 Å². The monoisotopic (exact) mass is 141 g/mol. The maximum atomic E-state index is 10.1. The van der Waals surface area contributed by atoms with E-state index in [-0.39, 0.29) is 58.7 Å². The molecule has 8 heavy (non-hydrogen) atoms. The Kier molecular flexibility index (Phi) is 12.0. The first-order valence-corrected chi connectivity index (χ1v) is 2.51. The molecule has 0 saturated carbocycles. The molecule has 2 nitrogen and oxygen atoms in total. The van der Waals surface area contributed by atoms with Crippen molar-refractivity contribution in [1.82, 2.24) is 5.32 Å². The van der Waals surface area contributed by atoms with Crippen LogP contribution >= 0.6 is 0 Å². The van der Waals surface area contributed by atoms with Crippen LogP contribution in [0.1, 0.15) is 21.7 Å². The number of nitrogens with one attached hydrogen (secondary N) is 1. The molecule has 0 unspecified atom stereocenters.